The van der Waals surface area contributed by atoms with E-state index in [0.29, 0.717) is 23.4 Å². The fraction of sp³-hybridized carbons (Fsp3) is 0.100. The summed E-state index contributed by atoms with van der Waals surface area (Å²) in [7, 11) is 0. The molecule has 4 rings (SSSR count). The molecule has 6 nitrogen and oxygen atoms in total. The Balaban J connectivity index is 1.54. The first-order valence-corrected chi connectivity index (χ1v) is 11.7. The van der Waals surface area contributed by atoms with Crippen molar-refractivity contribution < 1.29 is 9.59 Å². The number of rotatable bonds is 9. The SMILES string of the molecule is N=C(N)c1cccc(C(=O)N(CC(=O)NCC(c2ccccc2)c2ccccc2)c2ccccc2)c1. The maximum atomic E-state index is 13.5. The lowest BCUT2D eigenvalue weighted by Gasteiger charge is -2.24. The monoisotopic (exact) mass is 476 g/mol. The molecular formula is C30H28N4O2. The summed E-state index contributed by atoms with van der Waals surface area (Å²) in [6.07, 6.45) is 0. The quantitative estimate of drug-likeness (QED) is 0.244. The average molecular weight is 477 g/mol. The van der Waals surface area contributed by atoms with Gasteiger partial charge < -0.3 is 11.1 Å². The van der Waals surface area contributed by atoms with Crippen LogP contribution in [0.3, 0.4) is 0 Å². The van der Waals surface area contributed by atoms with Crippen molar-refractivity contribution in [2.75, 3.05) is 18.0 Å². The molecule has 4 N–H and O–H groups in total. The van der Waals surface area contributed by atoms with E-state index in [-0.39, 0.29) is 30.1 Å². The van der Waals surface area contributed by atoms with Gasteiger partial charge in [0.1, 0.15) is 12.4 Å². The van der Waals surface area contributed by atoms with Crippen molar-refractivity contribution in [2.24, 2.45) is 5.73 Å². The van der Waals surface area contributed by atoms with Crippen LogP contribution in [0, 0.1) is 5.41 Å². The number of nitrogens with two attached hydrogens (primary N) is 1. The molecule has 0 heterocycles. The van der Waals surface area contributed by atoms with Gasteiger partial charge in [-0.2, -0.15) is 0 Å². The van der Waals surface area contributed by atoms with Crippen molar-refractivity contribution >= 4 is 23.3 Å². The molecule has 6 heteroatoms. The van der Waals surface area contributed by atoms with Gasteiger partial charge >= 0.3 is 0 Å². The van der Waals surface area contributed by atoms with Crippen molar-refractivity contribution in [3.63, 3.8) is 0 Å². The van der Waals surface area contributed by atoms with Crippen molar-refractivity contribution in [1.29, 1.82) is 5.41 Å². The van der Waals surface area contributed by atoms with Crippen LogP contribution in [0.4, 0.5) is 5.69 Å². The minimum atomic E-state index is -0.345. The molecule has 2 amide bonds. The highest BCUT2D eigenvalue weighted by Gasteiger charge is 2.22. The van der Waals surface area contributed by atoms with E-state index in [1.54, 1.807) is 36.4 Å². The highest BCUT2D eigenvalue weighted by atomic mass is 16.2. The first-order chi connectivity index (χ1) is 17.5. The Kier molecular flexibility index (Phi) is 7.88. The second-order valence-electron chi connectivity index (χ2n) is 8.40. The van der Waals surface area contributed by atoms with E-state index >= 15 is 0 Å². The Hall–Kier alpha value is -4.71. The molecule has 0 aliphatic rings. The molecule has 0 bridgehead atoms. The van der Waals surface area contributed by atoms with Gasteiger partial charge in [0.2, 0.25) is 5.91 Å². The Morgan fingerprint density at radius 1 is 0.750 bits per heavy atom. The van der Waals surface area contributed by atoms with E-state index in [0.717, 1.165) is 11.1 Å². The molecule has 36 heavy (non-hydrogen) atoms. The van der Waals surface area contributed by atoms with Crippen LogP contribution in [0.25, 0.3) is 0 Å². The average Bonchev–Trinajstić information content (AvgIpc) is 2.93. The largest absolute Gasteiger partial charge is 0.384 e. The Labute approximate surface area is 210 Å². The number of para-hydroxylation sites is 1. The zero-order valence-electron chi connectivity index (χ0n) is 19.8. The standard InChI is InChI=1S/C30H28N4O2/c31-29(32)24-15-10-16-25(19-24)30(36)34(26-17-8-3-9-18-26)21-28(35)33-20-27(22-11-4-1-5-12-22)23-13-6-2-7-14-23/h1-19,27H,20-21H2,(H3,31,32)(H,33,35). The van der Waals surface area contributed by atoms with Gasteiger partial charge in [-0.25, -0.2) is 0 Å². The molecule has 0 radical (unpaired) electrons. The molecule has 0 fully saturated rings. The molecule has 0 unspecified atom stereocenters. The van der Waals surface area contributed by atoms with Crippen LogP contribution in [0.15, 0.2) is 115 Å². The van der Waals surface area contributed by atoms with Gasteiger partial charge in [0.15, 0.2) is 0 Å². The number of benzene rings is 4. The highest BCUT2D eigenvalue weighted by Crippen LogP contribution is 2.24. The summed E-state index contributed by atoms with van der Waals surface area (Å²) in [5, 5.41) is 10.7. The first-order valence-electron chi connectivity index (χ1n) is 11.7. The van der Waals surface area contributed by atoms with E-state index in [1.807, 2.05) is 78.9 Å². The molecule has 0 saturated heterocycles. The van der Waals surface area contributed by atoms with Crippen LogP contribution in [0.5, 0.6) is 0 Å². The lowest BCUT2D eigenvalue weighted by atomic mass is 9.91. The number of hydrogen-bond acceptors (Lipinski definition) is 3. The summed E-state index contributed by atoms with van der Waals surface area (Å²) < 4.78 is 0. The highest BCUT2D eigenvalue weighted by molar-refractivity contribution is 6.10. The van der Waals surface area contributed by atoms with Crippen LogP contribution >= 0.6 is 0 Å². The number of nitrogen functional groups attached to an aromatic ring is 1. The van der Waals surface area contributed by atoms with Crippen LogP contribution in [-0.4, -0.2) is 30.7 Å². The maximum Gasteiger partial charge on any atom is 0.258 e. The normalized spacial score (nSPS) is 10.6. The molecule has 4 aromatic rings. The van der Waals surface area contributed by atoms with Crippen molar-refractivity contribution in [1.82, 2.24) is 5.32 Å². The molecule has 0 aliphatic heterocycles. The maximum absolute atomic E-state index is 13.5. The van der Waals surface area contributed by atoms with E-state index < -0.39 is 0 Å². The number of nitrogens with zero attached hydrogens (tertiary/aromatic N) is 1. The Morgan fingerprint density at radius 3 is 1.83 bits per heavy atom. The van der Waals surface area contributed by atoms with Crippen molar-refractivity contribution in [3.05, 3.63) is 138 Å². The predicted octanol–water partition coefficient (Wildman–Crippen LogP) is 4.57. The summed E-state index contributed by atoms with van der Waals surface area (Å²) in [5.74, 6) is -0.764. The second-order valence-corrected chi connectivity index (χ2v) is 8.40. The summed E-state index contributed by atoms with van der Waals surface area (Å²) in [5.41, 5.74) is 9.21. The minimum absolute atomic E-state index is 0.0236. The van der Waals surface area contributed by atoms with Gasteiger partial charge in [0, 0.05) is 29.3 Å². The second kappa shape index (κ2) is 11.6. The van der Waals surface area contributed by atoms with Crippen LogP contribution in [-0.2, 0) is 4.79 Å². The molecule has 0 aromatic heterocycles. The lowest BCUT2D eigenvalue weighted by Crippen LogP contribution is -2.42. The Bertz CT molecular complexity index is 1290. The topological polar surface area (TPSA) is 99.3 Å². The number of amidine groups is 1. The van der Waals surface area contributed by atoms with Crippen LogP contribution < -0.4 is 16.0 Å². The third kappa shape index (κ3) is 6.04. The number of hydrogen-bond donors (Lipinski definition) is 3. The van der Waals surface area contributed by atoms with Gasteiger partial charge in [0.25, 0.3) is 5.91 Å². The minimum Gasteiger partial charge on any atom is -0.384 e. The number of carbonyl (C=O) groups excluding carboxylic acids is 2. The van der Waals surface area contributed by atoms with E-state index in [2.05, 4.69) is 5.32 Å². The zero-order valence-corrected chi connectivity index (χ0v) is 19.8. The number of amides is 2. The first kappa shape index (κ1) is 24.4. The predicted molar refractivity (Wildman–Crippen MR) is 143 cm³/mol. The third-order valence-electron chi connectivity index (χ3n) is 5.94. The molecular weight excluding hydrogens is 448 g/mol. The summed E-state index contributed by atoms with van der Waals surface area (Å²) in [4.78, 5) is 28.1. The number of anilines is 1. The summed E-state index contributed by atoms with van der Waals surface area (Å²) in [6, 6.07) is 35.7. The number of carbonyl (C=O) groups is 2. The van der Waals surface area contributed by atoms with Crippen LogP contribution in [0.2, 0.25) is 0 Å². The van der Waals surface area contributed by atoms with Crippen LogP contribution in [0.1, 0.15) is 33.0 Å². The number of nitrogens with one attached hydrogen (secondary N) is 2. The molecule has 180 valence electrons. The van der Waals surface area contributed by atoms with Gasteiger partial charge in [-0.1, -0.05) is 91.0 Å². The van der Waals surface area contributed by atoms with Crippen molar-refractivity contribution in [3.8, 4) is 0 Å². The molecule has 0 aliphatic carbocycles. The van der Waals surface area contributed by atoms with Crippen molar-refractivity contribution in [2.45, 2.75) is 5.92 Å². The Morgan fingerprint density at radius 2 is 1.28 bits per heavy atom. The fourth-order valence-corrected chi connectivity index (χ4v) is 4.08. The molecule has 0 spiro atoms. The van der Waals surface area contributed by atoms with Gasteiger partial charge in [-0.15, -0.1) is 0 Å². The summed E-state index contributed by atoms with van der Waals surface area (Å²) in [6.45, 7) is 0.243. The van der Waals surface area contributed by atoms with Gasteiger partial charge in [-0.05, 0) is 35.4 Å². The van der Waals surface area contributed by atoms with E-state index in [1.165, 1.54) is 4.90 Å². The van der Waals surface area contributed by atoms with E-state index in [9.17, 15) is 9.59 Å². The lowest BCUT2D eigenvalue weighted by molar-refractivity contribution is -0.119. The van der Waals surface area contributed by atoms with Gasteiger partial charge in [-0.3, -0.25) is 19.9 Å². The molecule has 0 saturated carbocycles. The zero-order chi connectivity index (χ0) is 25.3. The fourth-order valence-electron chi connectivity index (χ4n) is 4.08. The molecule has 4 aromatic carbocycles. The smallest absolute Gasteiger partial charge is 0.258 e. The molecule has 0 atom stereocenters. The summed E-state index contributed by atoms with van der Waals surface area (Å²) >= 11 is 0. The van der Waals surface area contributed by atoms with Gasteiger partial charge in [0.05, 0.1) is 0 Å². The van der Waals surface area contributed by atoms with E-state index in [4.69, 9.17) is 11.1 Å². The third-order valence-corrected chi connectivity index (χ3v) is 5.94.